The summed E-state index contributed by atoms with van der Waals surface area (Å²) in [7, 11) is 2.16. The number of aromatic nitrogens is 4. The van der Waals surface area contributed by atoms with E-state index in [2.05, 4.69) is 32.1 Å². The quantitative estimate of drug-likeness (QED) is 0.285. The fraction of sp³-hybridized carbons (Fsp3) is 0.400. The summed E-state index contributed by atoms with van der Waals surface area (Å²) in [5.74, 6) is -0.711. The summed E-state index contributed by atoms with van der Waals surface area (Å²) in [4.78, 5) is 53.6. The maximum atomic E-state index is 15.4. The van der Waals surface area contributed by atoms with Crippen LogP contribution in [0.15, 0.2) is 64.6 Å². The van der Waals surface area contributed by atoms with Gasteiger partial charge in [0.25, 0.3) is 11.5 Å². The molecule has 0 spiro atoms. The summed E-state index contributed by atoms with van der Waals surface area (Å²) in [6, 6.07) is 8.83. The van der Waals surface area contributed by atoms with E-state index in [0.717, 1.165) is 73.0 Å². The van der Waals surface area contributed by atoms with Crippen LogP contribution < -0.4 is 21.3 Å². The van der Waals surface area contributed by atoms with Crippen molar-refractivity contribution >= 4 is 11.6 Å². The molecule has 7 rings (SSSR count). The van der Waals surface area contributed by atoms with Crippen molar-refractivity contribution in [2.75, 3.05) is 38.5 Å². The summed E-state index contributed by atoms with van der Waals surface area (Å²) in [6.45, 7) is 5.17. The largest absolute Gasteiger partial charge is 0.439 e. The third-order valence-electron chi connectivity index (χ3n) is 9.44. The van der Waals surface area contributed by atoms with Gasteiger partial charge in [0.05, 0.1) is 17.1 Å². The highest BCUT2D eigenvalue weighted by Gasteiger charge is 2.27. The molecule has 0 atom stereocenters. The molecular weight excluding hydrogens is 620 g/mol. The van der Waals surface area contributed by atoms with E-state index in [-0.39, 0.29) is 28.6 Å². The Hall–Kier alpha value is -4.75. The van der Waals surface area contributed by atoms with Crippen molar-refractivity contribution in [3.63, 3.8) is 0 Å². The molecule has 48 heavy (non-hydrogen) atoms. The monoisotopic (exact) mass is 657 g/mol. The first-order valence-electron chi connectivity index (χ1n) is 16.4. The Morgan fingerprint density at radius 3 is 2.44 bits per heavy atom. The molecule has 4 heterocycles. The number of carbonyl (C=O) groups is 1. The Balaban J connectivity index is 1.07. The number of benzene rings is 2. The molecule has 3 aliphatic rings. The molecule has 4 aromatic rings. The Labute approximate surface area is 275 Å². The first kappa shape index (κ1) is 31.8. The van der Waals surface area contributed by atoms with Crippen molar-refractivity contribution in [3.05, 3.63) is 104 Å². The summed E-state index contributed by atoms with van der Waals surface area (Å²) < 4.78 is 37.1. The molecule has 0 unspecified atom stereocenters. The number of nitrogens with one attached hydrogen (secondary N) is 1. The van der Waals surface area contributed by atoms with Crippen molar-refractivity contribution in [1.29, 1.82) is 0 Å². The van der Waals surface area contributed by atoms with Gasteiger partial charge in [0.2, 0.25) is 5.88 Å². The van der Waals surface area contributed by atoms with Crippen LogP contribution in [-0.2, 0) is 19.5 Å². The average Bonchev–Trinajstić information content (AvgIpc) is 3.90. The van der Waals surface area contributed by atoms with Crippen LogP contribution in [0, 0.1) is 23.5 Å². The molecular formula is C35H37F2N7O4. The summed E-state index contributed by atoms with van der Waals surface area (Å²) in [5.41, 5.74) is -0.137. The predicted molar refractivity (Wildman–Crippen MR) is 175 cm³/mol. The third kappa shape index (κ3) is 6.92. The van der Waals surface area contributed by atoms with Gasteiger partial charge in [0.1, 0.15) is 29.3 Å². The van der Waals surface area contributed by atoms with Crippen molar-refractivity contribution in [2.45, 2.75) is 45.2 Å². The molecule has 1 saturated carbocycles. The van der Waals surface area contributed by atoms with Crippen molar-refractivity contribution in [1.82, 2.24) is 28.9 Å². The molecule has 2 aromatic carbocycles. The Bertz CT molecular complexity index is 1950. The number of halogens is 2. The molecule has 11 nitrogen and oxygen atoms in total. The molecule has 0 radical (unpaired) electrons. The number of ether oxygens (including phenoxy) is 1. The summed E-state index contributed by atoms with van der Waals surface area (Å²) in [5, 5.41) is 2.46. The first-order valence-corrected chi connectivity index (χ1v) is 16.4. The Kier molecular flexibility index (Phi) is 8.88. The molecule has 1 N–H and O–H groups in total. The number of carbonyl (C=O) groups excluding carboxylic acids is 1. The first-order chi connectivity index (χ1) is 23.2. The van der Waals surface area contributed by atoms with Gasteiger partial charge in [-0.1, -0.05) is 0 Å². The number of hydrogen-bond acceptors (Lipinski definition) is 8. The van der Waals surface area contributed by atoms with Crippen LogP contribution in [0.4, 0.5) is 14.5 Å². The Morgan fingerprint density at radius 2 is 1.71 bits per heavy atom. The van der Waals surface area contributed by atoms with Gasteiger partial charge in [-0.05, 0) is 100 Å². The van der Waals surface area contributed by atoms with Crippen LogP contribution in [0.5, 0.6) is 11.6 Å². The van der Waals surface area contributed by atoms with Crippen LogP contribution in [0.1, 0.15) is 47.3 Å². The number of likely N-dealkylation sites (tertiary alicyclic amines) is 1. The Morgan fingerprint density at radius 1 is 0.958 bits per heavy atom. The predicted octanol–water partition coefficient (Wildman–Crippen LogP) is 4.22. The number of anilines is 1. The SMILES string of the molecule is CN1CCC(CN2CCc3c(ncnc3Oc3ccc(NC(=O)c4cn(CC5CC5)c(=O)n(-c5ccc(F)cc5)c4=O)c(F)c3)C2)CC1. The van der Waals surface area contributed by atoms with Crippen molar-refractivity contribution < 1.29 is 18.3 Å². The van der Waals surface area contributed by atoms with E-state index in [0.29, 0.717) is 31.3 Å². The smallest absolute Gasteiger partial charge is 0.335 e. The number of piperidine rings is 1. The van der Waals surface area contributed by atoms with Gasteiger partial charge in [-0.15, -0.1) is 0 Å². The van der Waals surface area contributed by atoms with Gasteiger partial charge < -0.3 is 15.0 Å². The number of nitrogens with zero attached hydrogens (tertiary/aromatic N) is 6. The summed E-state index contributed by atoms with van der Waals surface area (Å²) in [6.07, 6.45) is 7.63. The topological polar surface area (TPSA) is 115 Å². The van der Waals surface area contributed by atoms with Gasteiger partial charge in [-0.2, -0.15) is 0 Å². The average molecular weight is 658 g/mol. The molecule has 2 fully saturated rings. The lowest BCUT2D eigenvalue weighted by molar-refractivity contribution is 0.102. The second kappa shape index (κ2) is 13.4. The van der Waals surface area contributed by atoms with Gasteiger partial charge in [0.15, 0.2) is 0 Å². The summed E-state index contributed by atoms with van der Waals surface area (Å²) >= 11 is 0. The third-order valence-corrected chi connectivity index (χ3v) is 9.44. The normalized spacial score (nSPS) is 17.2. The maximum Gasteiger partial charge on any atom is 0.335 e. The molecule has 1 saturated heterocycles. The minimum absolute atomic E-state index is 0.121. The molecule has 1 amide bonds. The second-order valence-electron chi connectivity index (χ2n) is 13.1. The molecule has 13 heteroatoms. The van der Waals surface area contributed by atoms with E-state index in [4.69, 9.17) is 4.74 Å². The van der Waals surface area contributed by atoms with E-state index in [1.807, 2.05) is 0 Å². The number of amides is 1. The second-order valence-corrected chi connectivity index (χ2v) is 13.1. The van der Waals surface area contributed by atoms with Crippen molar-refractivity contribution in [3.8, 4) is 17.3 Å². The van der Waals surface area contributed by atoms with Gasteiger partial charge in [-0.25, -0.2) is 28.1 Å². The number of rotatable bonds is 9. The van der Waals surface area contributed by atoms with Gasteiger partial charge in [0, 0.05) is 44.0 Å². The standard InChI is InChI=1S/C35H37F2N7O4/c1-41-13-10-23(11-14-41)17-42-15-12-27-31(20-42)38-21-39-33(27)48-26-8-9-30(29(37)16-26)40-32(45)28-19-43(18-22-2-3-22)35(47)44(34(28)46)25-6-4-24(36)5-7-25/h4-9,16,19,21-23H,2-3,10-15,17-18,20H2,1H3,(H,40,45). The van der Waals surface area contributed by atoms with Crippen LogP contribution in [0.3, 0.4) is 0 Å². The fourth-order valence-electron chi connectivity index (χ4n) is 6.48. The maximum absolute atomic E-state index is 15.4. The van der Waals surface area contributed by atoms with Crippen LogP contribution in [0.2, 0.25) is 0 Å². The molecule has 2 aromatic heterocycles. The lowest BCUT2D eigenvalue weighted by Gasteiger charge is -2.35. The molecule has 250 valence electrons. The highest BCUT2D eigenvalue weighted by atomic mass is 19.1. The zero-order valence-corrected chi connectivity index (χ0v) is 26.7. The van der Waals surface area contributed by atoms with Gasteiger partial charge in [-0.3, -0.25) is 19.1 Å². The lowest BCUT2D eigenvalue weighted by atomic mass is 9.95. The van der Waals surface area contributed by atoms with Crippen LogP contribution >= 0.6 is 0 Å². The number of hydrogen-bond donors (Lipinski definition) is 1. The minimum atomic E-state index is -0.894. The van der Waals surface area contributed by atoms with Crippen LogP contribution in [-0.4, -0.2) is 68.0 Å². The molecule has 1 aliphatic carbocycles. The fourth-order valence-corrected chi connectivity index (χ4v) is 6.48. The highest BCUT2D eigenvalue weighted by Crippen LogP contribution is 2.32. The molecule has 2 aliphatic heterocycles. The molecule has 0 bridgehead atoms. The zero-order chi connectivity index (χ0) is 33.4. The van der Waals surface area contributed by atoms with Gasteiger partial charge >= 0.3 is 5.69 Å². The van der Waals surface area contributed by atoms with E-state index in [1.165, 1.54) is 54.2 Å². The van der Waals surface area contributed by atoms with E-state index in [1.54, 1.807) is 0 Å². The van der Waals surface area contributed by atoms with E-state index in [9.17, 15) is 18.8 Å². The number of fused-ring (bicyclic) bond motifs is 1. The zero-order valence-electron chi connectivity index (χ0n) is 26.7. The lowest BCUT2D eigenvalue weighted by Crippen LogP contribution is -2.42. The minimum Gasteiger partial charge on any atom is -0.439 e. The van der Waals surface area contributed by atoms with E-state index < -0.39 is 28.8 Å². The highest BCUT2D eigenvalue weighted by molar-refractivity contribution is 6.04. The van der Waals surface area contributed by atoms with Crippen molar-refractivity contribution in [2.24, 2.45) is 11.8 Å². The van der Waals surface area contributed by atoms with E-state index >= 15 is 4.39 Å². The van der Waals surface area contributed by atoms with Crippen LogP contribution in [0.25, 0.3) is 5.69 Å².